The predicted molar refractivity (Wildman–Crippen MR) is 65.8 cm³/mol. The minimum absolute atomic E-state index is 0.250. The van der Waals surface area contributed by atoms with E-state index in [0.29, 0.717) is 0 Å². The minimum atomic E-state index is -1.35. The van der Waals surface area contributed by atoms with Crippen molar-refractivity contribution in [1.82, 2.24) is 0 Å². The van der Waals surface area contributed by atoms with Gasteiger partial charge in [-0.3, -0.25) is 0 Å². The first-order valence-corrected chi connectivity index (χ1v) is 8.34. The van der Waals surface area contributed by atoms with Crippen molar-refractivity contribution in [1.29, 1.82) is 0 Å². The molecule has 0 aromatic rings. The Hall–Kier alpha value is -0.263. The first-order valence-electron chi connectivity index (χ1n) is 5.72. The average molecular weight is 212 g/mol. The molecule has 2 heteroatoms. The summed E-state index contributed by atoms with van der Waals surface area (Å²) < 4.78 is 0. The predicted octanol–water partition coefficient (Wildman–Crippen LogP) is 3.05. The quantitative estimate of drug-likeness (QED) is 0.561. The second-order valence-electron chi connectivity index (χ2n) is 4.30. The van der Waals surface area contributed by atoms with Gasteiger partial charge in [-0.2, -0.15) is 0 Å². The summed E-state index contributed by atoms with van der Waals surface area (Å²) in [5, 5.41) is 9.62. The van der Waals surface area contributed by atoms with Gasteiger partial charge in [-0.1, -0.05) is 40.5 Å². The lowest BCUT2D eigenvalue weighted by atomic mass is 10.1. The molecule has 0 radical (unpaired) electrons. The third-order valence-electron chi connectivity index (χ3n) is 3.15. The van der Waals surface area contributed by atoms with Crippen LogP contribution in [0.2, 0.25) is 18.1 Å². The molecule has 0 saturated heterocycles. The number of rotatable bonds is 4. The summed E-state index contributed by atoms with van der Waals surface area (Å²) in [5.74, 6) is 3.29. The highest BCUT2D eigenvalue weighted by Crippen LogP contribution is 2.18. The smallest absolute Gasteiger partial charge is 0.137 e. The van der Waals surface area contributed by atoms with Crippen LogP contribution in [-0.2, 0) is 0 Å². The van der Waals surface area contributed by atoms with E-state index < -0.39 is 14.2 Å². The van der Waals surface area contributed by atoms with E-state index in [1.54, 1.807) is 0 Å². The van der Waals surface area contributed by atoms with Crippen molar-refractivity contribution >= 4 is 8.07 Å². The maximum absolute atomic E-state index is 9.62. The summed E-state index contributed by atoms with van der Waals surface area (Å²) >= 11 is 0. The van der Waals surface area contributed by atoms with E-state index in [9.17, 15) is 5.11 Å². The van der Waals surface area contributed by atoms with E-state index in [1.807, 2.05) is 13.8 Å². The van der Waals surface area contributed by atoms with Crippen LogP contribution >= 0.6 is 0 Å². The van der Waals surface area contributed by atoms with Gasteiger partial charge in [0, 0.05) is 0 Å². The molecule has 0 aliphatic rings. The molecule has 0 heterocycles. The number of aliphatic hydroxyl groups is 1. The Labute approximate surface area is 89.9 Å². The summed E-state index contributed by atoms with van der Waals surface area (Å²) in [6.45, 7) is 10.7. The molecule has 0 bridgehead atoms. The van der Waals surface area contributed by atoms with Crippen molar-refractivity contribution in [2.24, 2.45) is 5.92 Å². The van der Waals surface area contributed by atoms with Gasteiger partial charge in [0.2, 0.25) is 0 Å². The Morgan fingerprint density at radius 1 is 1.07 bits per heavy atom. The summed E-state index contributed by atoms with van der Waals surface area (Å²) in [6, 6.07) is 3.62. The fourth-order valence-corrected chi connectivity index (χ4v) is 3.89. The Balaban J connectivity index is 4.57. The zero-order chi connectivity index (χ0) is 11.2. The Bertz CT molecular complexity index is 200. The van der Waals surface area contributed by atoms with E-state index in [-0.39, 0.29) is 5.92 Å². The molecule has 82 valence electrons. The van der Waals surface area contributed by atoms with Crippen molar-refractivity contribution in [3.05, 3.63) is 0 Å². The van der Waals surface area contributed by atoms with Gasteiger partial charge in [-0.15, -0.1) is 5.54 Å². The largest absolute Gasteiger partial charge is 0.380 e. The van der Waals surface area contributed by atoms with E-state index in [0.717, 1.165) is 0 Å². The molecular formula is C12H24OSi. The molecule has 0 rings (SSSR count). The molecule has 0 saturated carbocycles. The molecule has 0 aromatic heterocycles. The van der Waals surface area contributed by atoms with E-state index in [2.05, 4.69) is 32.2 Å². The first kappa shape index (κ1) is 13.7. The van der Waals surface area contributed by atoms with Gasteiger partial charge in [0.05, 0.1) is 0 Å². The Kier molecular flexibility index (Phi) is 6.15. The van der Waals surface area contributed by atoms with Gasteiger partial charge in [0.25, 0.3) is 0 Å². The molecule has 1 atom stereocenters. The van der Waals surface area contributed by atoms with Crippen LogP contribution in [0, 0.1) is 17.4 Å². The zero-order valence-electron chi connectivity index (χ0n) is 10.2. The third kappa shape index (κ3) is 3.85. The lowest BCUT2D eigenvalue weighted by Crippen LogP contribution is -2.30. The lowest BCUT2D eigenvalue weighted by Gasteiger charge is -2.20. The van der Waals surface area contributed by atoms with Crippen LogP contribution in [0.3, 0.4) is 0 Å². The first-order chi connectivity index (χ1) is 6.51. The normalized spacial score (nSPS) is 13.6. The van der Waals surface area contributed by atoms with Crippen LogP contribution in [0.5, 0.6) is 0 Å². The summed E-state index contributed by atoms with van der Waals surface area (Å²) in [7, 11) is -1.35. The summed E-state index contributed by atoms with van der Waals surface area (Å²) in [5.41, 5.74) is 3.40. The minimum Gasteiger partial charge on any atom is -0.380 e. The highest BCUT2D eigenvalue weighted by molar-refractivity contribution is 6.87. The fraction of sp³-hybridized carbons (Fsp3) is 0.833. The summed E-state index contributed by atoms with van der Waals surface area (Å²) in [6.07, 6.45) is -0.438. The molecule has 0 aliphatic heterocycles. The second kappa shape index (κ2) is 6.26. The van der Waals surface area contributed by atoms with Crippen molar-refractivity contribution in [2.75, 3.05) is 0 Å². The van der Waals surface area contributed by atoms with Crippen LogP contribution in [0.25, 0.3) is 0 Å². The highest BCUT2D eigenvalue weighted by atomic mass is 28.3. The zero-order valence-corrected chi connectivity index (χ0v) is 11.2. The molecular weight excluding hydrogens is 188 g/mol. The molecule has 1 N–H and O–H groups in total. The number of hydrogen-bond acceptors (Lipinski definition) is 1. The standard InChI is InChI=1S/C12H24OSi/c1-6-14(7-2,8-3)10-9-12(13)11(4)5/h11-13H,6-8H2,1-5H3. The molecule has 1 nitrogen and oxygen atoms in total. The molecule has 0 aliphatic carbocycles. The maximum atomic E-state index is 9.62. The van der Waals surface area contributed by atoms with Gasteiger partial charge in [0.1, 0.15) is 14.2 Å². The maximum Gasteiger partial charge on any atom is 0.137 e. The molecule has 0 aromatic carbocycles. The van der Waals surface area contributed by atoms with E-state index in [4.69, 9.17) is 0 Å². The van der Waals surface area contributed by atoms with Crippen LogP contribution in [0.4, 0.5) is 0 Å². The van der Waals surface area contributed by atoms with Crippen LogP contribution in [-0.4, -0.2) is 19.3 Å². The molecule has 0 fully saturated rings. The van der Waals surface area contributed by atoms with E-state index >= 15 is 0 Å². The van der Waals surface area contributed by atoms with Crippen LogP contribution in [0.1, 0.15) is 34.6 Å². The summed E-state index contributed by atoms with van der Waals surface area (Å²) in [4.78, 5) is 0. The van der Waals surface area contributed by atoms with Crippen molar-refractivity contribution in [3.8, 4) is 11.5 Å². The highest BCUT2D eigenvalue weighted by Gasteiger charge is 2.24. The van der Waals surface area contributed by atoms with Crippen molar-refractivity contribution in [3.63, 3.8) is 0 Å². The Morgan fingerprint density at radius 3 is 1.79 bits per heavy atom. The van der Waals surface area contributed by atoms with Crippen molar-refractivity contribution < 1.29 is 5.11 Å². The van der Waals surface area contributed by atoms with Gasteiger partial charge in [0.15, 0.2) is 0 Å². The number of hydrogen-bond donors (Lipinski definition) is 1. The van der Waals surface area contributed by atoms with Gasteiger partial charge >= 0.3 is 0 Å². The van der Waals surface area contributed by atoms with Crippen molar-refractivity contribution in [2.45, 2.75) is 58.9 Å². The van der Waals surface area contributed by atoms with Gasteiger partial charge in [-0.05, 0) is 24.1 Å². The molecule has 1 unspecified atom stereocenters. The fourth-order valence-electron chi connectivity index (χ4n) is 1.41. The van der Waals surface area contributed by atoms with Crippen LogP contribution in [0.15, 0.2) is 0 Å². The second-order valence-corrected chi connectivity index (χ2v) is 9.23. The SMILES string of the molecule is CC[Si](C#CC(O)C(C)C)(CC)CC. The molecule has 0 spiro atoms. The average Bonchev–Trinajstić information content (AvgIpc) is 2.20. The topological polar surface area (TPSA) is 20.2 Å². The molecule has 14 heavy (non-hydrogen) atoms. The molecule has 0 amide bonds. The van der Waals surface area contributed by atoms with Gasteiger partial charge in [-0.25, -0.2) is 0 Å². The third-order valence-corrected chi connectivity index (χ3v) is 7.88. The lowest BCUT2D eigenvalue weighted by molar-refractivity contribution is 0.181. The van der Waals surface area contributed by atoms with Gasteiger partial charge < -0.3 is 5.11 Å². The van der Waals surface area contributed by atoms with Crippen LogP contribution < -0.4 is 0 Å². The Morgan fingerprint density at radius 2 is 1.50 bits per heavy atom. The monoisotopic (exact) mass is 212 g/mol. The number of aliphatic hydroxyl groups excluding tert-OH is 1. The van der Waals surface area contributed by atoms with E-state index in [1.165, 1.54) is 18.1 Å².